The summed E-state index contributed by atoms with van der Waals surface area (Å²) in [4.78, 5) is 40.5. The van der Waals surface area contributed by atoms with Crippen LogP contribution in [0.25, 0.3) is 17.4 Å². The van der Waals surface area contributed by atoms with E-state index in [9.17, 15) is 14.4 Å². The molecule has 2 aliphatic rings. The van der Waals surface area contributed by atoms with Crippen molar-refractivity contribution >= 4 is 46.5 Å². The second-order valence-electron chi connectivity index (χ2n) is 7.26. The normalized spacial score (nSPS) is 18.2. The maximum Gasteiger partial charge on any atom is 0.294 e. The molecule has 1 aromatic heterocycles. The fraction of sp³-hybridized carbons (Fsp3) is 0.318. The lowest BCUT2D eigenvalue weighted by Gasteiger charge is -2.27. The first-order chi connectivity index (χ1) is 15.0. The van der Waals surface area contributed by atoms with Crippen LogP contribution in [0.2, 0.25) is 5.02 Å². The number of imide groups is 1. The molecule has 2 aliphatic heterocycles. The number of carbonyl (C=O) groups is 3. The lowest BCUT2D eigenvalue weighted by Crippen LogP contribution is -2.44. The highest BCUT2D eigenvalue weighted by Crippen LogP contribution is 2.36. The molecule has 3 amide bonds. The van der Waals surface area contributed by atoms with Crippen molar-refractivity contribution in [2.24, 2.45) is 0 Å². The highest BCUT2D eigenvalue weighted by atomic mass is 35.5. The predicted molar refractivity (Wildman–Crippen MR) is 119 cm³/mol. The molecule has 0 unspecified atom stereocenters. The number of methoxy groups -OCH3 is 1. The number of nitrogens with zero attached hydrogens (tertiary/aromatic N) is 2. The van der Waals surface area contributed by atoms with Crippen LogP contribution in [-0.2, 0) is 9.59 Å². The number of piperidine rings is 1. The summed E-state index contributed by atoms with van der Waals surface area (Å²) >= 11 is 6.89. The third kappa shape index (κ3) is 4.65. The van der Waals surface area contributed by atoms with Crippen molar-refractivity contribution in [2.75, 3.05) is 26.7 Å². The van der Waals surface area contributed by atoms with E-state index in [0.717, 1.165) is 35.9 Å². The van der Waals surface area contributed by atoms with E-state index in [1.165, 1.54) is 6.08 Å². The number of hydrogen-bond donors (Lipinski definition) is 0. The van der Waals surface area contributed by atoms with E-state index in [2.05, 4.69) is 0 Å². The van der Waals surface area contributed by atoms with Crippen LogP contribution >= 0.6 is 23.4 Å². The minimum absolute atomic E-state index is 0.198. The maximum atomic E-state index is 12.7. The van der Waals surface area contributed by atoms with Crippen LogP contribution in [0, 0.1) is 0 Å². The minimum Gasteiger partial charge on any atom is -0.496 e. The number of rotatable bonds is 5. The molecule has 7 nitrogen and oxygen atoms in total. The van der Waals surface area contributed by atoms with Gasteiger partial charge >= 0.3 is 0 Å². The quantitative estimate of drug-likeness (QED) is 0.604. The van der Waals surface area contributed by atoms with Crippen molar-refractivity contribution in [3.05, 3.63) is 46.0 Å². The molecule has 3 heterocycles. The SMILES string of the molecule is COc1ccc(Cl)cc1-c1ccc(C=C2SC(=O)N(CC(=O)N3CCCCC3)C2=O)o1. The number of furan rings is 1. The summed E-state index contributed by atoms with van der Waals surface area (Å²) in [5.74, 6) is 0.840. The lowest BCUT2D eigenvalue weighted by atomic mass is 10.1. The van der Waals surface area contributed by atoms with Gasteiger partial charge in [-0.3, -0.25) is 19.3 Å². The van der Waals surface area contributed by atoms with Gasteiger partial charge in [0.2, 0.25) is 5.91 Å². The molecule has 1 aromatic carbocycles. The highest BCUT2D eigenvalue weighted by Gasteiger charge is 2.37. The van der Waals surface area contributed by atoms with Crippen LogP contribution < -0.4 is 4.74 Å². The van der Waals surface area contributed by atoms with E-state index in [4.69, 9.17) is 20.8 Å². The van der Waals surface area contributed by atoms with Gasteiger partial charge in [0.05, 0.1) is 17.6 Å². The van der Waals surface area contributed by atoms with Crippen LogP contribution in [0.4, 0.5) is 4.79 Å². The van der Waals surface area contributed by atoms with E-state index in [1.807, 2.05) is 0 Å². The molecule has 0 saturated carbocycles. The topological polar surface area (TPSA) is 80.1 Å². The Morgan fingerprint density at radius 2 is 1.97 bits per heavy atom. The standard InChI is InChI=1S/C22H21ClN2O5S/c1-29-17-7-5-14(23)11-16(17)18-8-6-15(30-18)12-19-21(27)25(22(28)31-19)13-20(26)24-9-3-2-4-10-24/h5-8,11-12H,2-4,9-10,13H2,1H3. The van der Waals surface area contributed by atoms with Gasteiger partial charge in [-0.1, -0.05) is 11.6 Å². The van der Waals surface area contributed by atoms with E-state index in [0.29, 0.717) is 40.9 Å². The molecular formula is C22H21ClN2O5S. The summed E-state index contributed by atoms with van der Waals surface area (Å²) < 4.78 is 11.2. The summed E-state index contributed by atoms with van der Waals surface area (Å²) in [5.41, 5.74) is 0.676. The molecule has 2 saturated heterocycles. The molecule has 0 N–H and O–H groups in total. The Labute approximate surface area is 189 Å². The van der Waals surface area contributed by atoms with Gasteiger partial charge in [-0.25, -0.2) is 0 Å². The smallest absolute Gasteiger partial charge is 0.294 e. The van der Waals surface area contributed by atoms with Crippen LogP contribution in [0.5, 0.6) is 5.75 Å². The number of thioether (sulfide) groups is 1. The second-order valence-corrected chi connectivity index (χ2v) is 8.69. The van der Waals surface area contributed by atoms with Gasteiger partial charge in [0.15, 0.2) is 0 Å². The first-order valence-electron chi connectivity index (χ1n) is 9.93. The first-order valence-corrected chi connectivity index (χ1v) is 11.1. The zero-order valence-electron chi connectivity index (χ0n) is 16.9. The van der Waals surface area contributed by atoms with E-state index in [1.54, 1.807) is 42.3 Å². The van der Waals surface area contributed by atoms with Gasteiger partial charge < -0.3 is 14.1 Å². The first kappa shape index (κ1) is 21.5. The molecule has 2 aromatic rings. The number of benzene rings is 1. The van der Waals surface area contributed by atoms with Crippen molar-refractivity contribution in [1.82, 2.24) is 9.80 Å². The van der Waals surface area contributed by atoms with Gasteiger partial charge in [-0.05, 0) is 61.4 Å². The van der Waals surface area contributed by atoms with Gasteiger partial charge in [0.1, 0.15) is 23.8 Å². The van der Waals surface area contributed by atoms with Crippen LogP contribution in [0.3, 0.4) is 0 Å². The minimum atomic E-state index is -0.487. The predicted octanol–water partition coefficient (Wildman–Crippen LogP) is 4.66. The molecule has 162 valence electrons. The summed E-state index contributed by atoms with van der Waals surface area (Å²) in [5, 5.41) is 0.0816. The largest absolute Gasteiger partial charge is 0.496 e. The fourth-order valence-corrected chi connectivity index (χ4v) is 4.58. The van der Waals surface area contributed by atoms with Crippen molar-refractivity contribution in [1.29, 1.82) is 0 Å². The summed E-state index contributed by atoms with van der Waals surface area (Å²) in [6.45, 7) is 1.12. The lowest BCUT2D eigenvalue weighted by molar-refractivity contribution is -0.136. The second kappa shape index (κ2) is 9.20. The van der Waals surface area contributed by atoms with Crippen LogP contribution in [0.15, 0.2) is 39.7 Å². The third-order valence-electron chi connectivity index (χ3n) is 5.20. The number of carbonyl (C=O) groups excluding carboxylic acids is 3. The Morgan fingerprint density at radius 1 is 1.19 bits per heavy atom. The Morgan fingerprint density at radius 3 is 2.71 bits per heavy atom. The molecule has 0 spiro atoms. The number of halogens is 1. The average Bonchev–Trinajstić information content (AvgIpc) is 3.34. The number of ether oxygens (including phenoxy) is 1. The zero-order chi connectivity index (χ0) is 22.0. The maximum absolute atomic E-state index is 12.7. The van der Waals surface area contributed by atoms with Gasteiger partial charge in [0.25, 0.3) is 11.1 Å². The Kier molecular flexibility index (Phi) is 6.38. The molecule has 0 atom stereocenters. The van der Waals surface area contributed by atoms with Crippen molar-refractivity contribution < 1.29 is 23.5 Å². The molecule has 0 aliphatic carbocycles. The van der Waals surface area contributed by atoms with E-state index >= 15 is 0 Å². The van der Waals surface area contributed by atoms with Crippen molar-refractivity contribution in [2.45, 2.75) is 19.3 Å². The van der Waals surface area contributed by atoms with E-state index < -0.39 is 11.1 Å². The number of hydrogen-bond acceptors (Lipinski definition) is 6. The van der Waals surface area contributed by atoms with Crippen LogP contribution in [-0.4, -0.2) is 53.6 Å². The Bertz CT molecular complexity index is 1060. The monoisotopic (exact) mass is 460 g/mol. The Hall–Kier alpha value is -2.71. The van der Waals surface area contributed by atoms with Crippen molar-refractivity contribution in [3.63, 3.8) is 0 Å². The van der Waals surface area contributed by atoms with Gasteiger partial charge in [-0.15, -0.1) is 0 Å². The van der Waals surface area contributed by atoms with Crippen LogP contribution in [0.1, 0.15) is 25.0 Å². The molecule has 31 heavy (non-hydrogen) atoms. The summed E-state index contributed by atoms with van der Waals surface area (Å²) in [7, 11) is 1.55. The molecule has 9 heteroatoms. The Balaban J connectivity index is 1.50. The van der Waals surface area contributed by atoms with Gasteiger partial charge in [0, 0.05) is 24.2 Å². The van der Waals surface area contributed by atoms with Gasteiger partial charge in [-0.2, -0.15) is 0 Å². The molecule has 0 radical (unpaired) electrons. The third-order valence-corrected chi connectivity index (χ3v) is 6.35. The summed E-state index contributed by atoms with van der Waals surface area (Å²) in [6, 6.07) is 8.62. The zero-order valence-corrected chi connectivity index (χ0v) is 18.5. The molecular weight excluding hydrogens is 440 g/mol. The molecule has 0 bridgehead atoms. The van der Waals surface area contributed by atoms with Crippen molar-refractivity contribution in [3.8, 4) is 17.1 Å². The number of likely N-dealkylation sites (tertiary alicyclic amines) is 1. The molecule has 4 rings (SSSR count). The van der Waals surface area contributed by atoms with E-state index in [-0.39, 0.29) is 17.4 Å². The fourth-order valence-electron chi connectivity index (χ4n) is 3.59. The summed E-state index contributed by atoms with van der Waals surface area (Å²) in [6.07, 6.45) is 4.51. The average molecular weight is 461 g/mol. The molecule has 2 fully saturated rings. The number of amides is 3. The highest BCUT2D eigenvalue weighted by molar-refractivity contribution is 8.18.